The predicted octanol–water partition coefficient (Wildman–Crippen LogP) is 2.03. The van der Waals surface area contributed by atoms with E-state index in [2.05, 4.69) is 15.0 Å². The van der Waals surface area contributed by atoms with Gasteiger partial charge >= 0.3 is 0 Å². The van der Waals surface area contributed by atoms with Crippen molar-refractivity contribution in [2.75, 3.05) is 6.54 Å². The zero-order chi connectivity index (χ0) is 12.5. The van der Waals surface area contributed by atoms with Crippen LogP contribution in [0.1, 0.15) is 11.4 Å². The van der Waals surface area contributed by atoms with Crippen molar-refractivity contribution in [3.8, 4) is 11.5 Å². The third-order valence-corrected chi connectivity index (χ3v) is 2.89. The van der Waals surface area contributed by atoms with E-state index in [1.54, 1.807) is 6.26 Å². The summed E-state index contributed by atoms with van der Waals surface area (Å²) in [5.41, 5.74) is 8.41. The fraction of sp³-hybridized carbons (Fsp3) is 0.231. The van der Waals surface area contributed by atoms with Crippen molar-refractivity contribution in [2.45, 2.75) is 13.3 Å². The predicted molar refractivity (Wildman–Crippen MR) is 69.1 cm³/mol. The summed E-state index contributed by atoms with van der Waals surface area (Å²) in [6, 6.07) is 3.76. The van der Waals surface area contributed by atoms with E-state index >= 15 is 0 Å². The molecule has 18 heavy (non-hydrogen) atoms. The van der Waals surface area contributed by atoms with Crippen LogP contribution in [0.25, 0.3) is 22.5 Å². The second-order valence-electron chi connectivity index (χ2n) is 4.17. The molecule has 0 aliphatic heterocycles. The van der Waals surface area contributed by atoms with Crippen molar-refractivity contribution in [1.29, 1.82) is 0 Å². The van der Waals surface area contributed by atoms with E-state index in [-0.39, 0.29) is 0 Å². The molecule has 0 amide bonds. The lowest BCUT2D eigenvalue weighted by Gasteiger charge is -2.03. The molecule has 0 atom stereocenters. The largest absolute Gasteiger partial charge is 0.463 e. The third-order valence-electron chi connectivity index (χ3n) is 2.89. The van der Waals surface area contributed by atoms with Gasteiger partial charge in [-0.25, -0.2) is 9.97 Å². The van der Waals surface area contributed by atoms with E-state index in [9.17, 15) is 0 Å². The van der Waals surface area contributed by atoms with Crippen LogP contribution in [-0.4, -0.2) is 21.5 Å². The van der Waals surface area contributed by atoms with E-state index in [0.717, 1.165) is 40.3 Å². The van der Waals surface area contributed by atoms with E-state index in [4.69, 9.17) is 10.2 Å². The minimum Gasteiger partial charge on any atom is -0.463 e. The Morgan fingerprint density at radius 2 is 2.28 bits per heavy atom. The molecule has 0 fully saturated rings. The van der Waals surface area contributed by atoms with Gasteiger partial charge in [-0.3, -0.25) is 0 Å². The zero-order valence-corrected chi connectivity index (χ0v) is 10.1. The quantitative estimate of drug-likeness (QED) is 0.736. The molecule has 92 valence electrons. The van der Waals surface area contributed by atoms with Gasteiger partial charge < -0.3 is 15.1 Å². The second kappa shape index (κ2) is 4.27. The number of aromatic nitrogens is 3. The summed E-state index contributed by atoms with van der Waals surface area (Å²) in [7, 11) is 0. The van der Waals surface area contributed by atoms with Crippen LogP contribution in [0.3, 0.4) is 0 Å². The first kappa shape index (κ1) is 11.0. The van der Waals surface area contributed by atoms with Crippen LogP contribution in [0, 0.1) is 6.92 Å². The van der Waals surface area contributed by atoms with Crippen LogP contribution in [0.4, 0.5) is 0 Å². The summed E-state index contributed by atoms with van der Waals surface area (Å²) < 4.78 is 5.45. The van der Waals surface area contributed by atoms with Crippen LogP contribution in [0.15, 0.2) is 29.0 Å². The summed E-state index contributed by atoms with van der Waals surface area (Å²) in [6.07, 6.45) is 4.38. The van der Waals surface area contributed by atoms with Crippen molar-refractivity contribution < 1.29 is 4.42 Å². The summed E-state index contributed by atoms with van der Waals surface area (Å²) in [5.74, 6) is 1.47. The van der Waals surface area contributed by atoms with Crippen LogP contribution < -0.4 is 5.73 Å². The van der Waals surface area contributed by atoms with Gasteiger partial charge in [0.05, 0.1) is 11.6 Å². The SMILES string of the molecule is Cc1nc(-c2ccco2)c2c(CCN)c[nH]c2n1. The van der Waals surface area contributed by atoms with E-state index in [1.165, 1.54) is 0 Å². The maximum atomic E-state index is 5.63. The van der Waals surface area contributed by atoms with Crippen LogP contribution in [0.2, 0.25) is 0 Å². The Bertz CT molecular complexity index is 670. The molecule has 3 heterocycles. The molecule has 3 rings (SSSR count). The van der Waals surface area contributed by atoms with Gasteiger partial charge in [-0.1, -0.05) is 0 Å². The van der Waals surface area contributed by atoms with E-state index in [0.29, 0.717) is 6.54 Å². The Hall–Kier alpha value is -2.14. The first-order chi connectivity index (χ1) is 8.79. The van der Waals surface area contributed by atoms with Gasteiger partial charge in [0.1, 0.15) is 17.2 Å². The Balaban J connectivity index is 2.30. The summed E-state index contributed by atoms with van der Waals surface area (Å²) in [4.78, 5) is 12.1. The topological polar surface area (TPSA) is 80.7 Å². The number of rotatable bonds is 3. The zero-order valence-electron chi connectivity index (χ0n) is 10.1. The number of H-pyrrole nitrogens is 1. The molecule has 3 aromatic heterocycles. The Kier molecular flexibility index (Phi) is 2.60. The molecule has 0 bridgehead atoms. The third kappa shape index (κ3) is 1.69. The highest BCUT2D eigenvalue weighted by Gasteiger charge is 2.15. The number of furan rings is 1. The summed E-state index contributed by atoms with van der Waals surface area (Å²) >= 11 is 0. The smallest absolute Gasteiger partial charge is 0.153 e. The molecule has 0 spiro atoms. The molecule has 3 aromatic rings. The maximum Gasteiger partial charge on any atom is 0.153 e. The molecule has 0 aromatic carbocycles. The fourth-order valence-corrected chi connectivity index (χ4v) is 2.15. The highest BCUT2D eigenvalue weighted by Crippen LogP contribution is 2.29. The Labute approximate surface area is 104 Å². The molecule has 5 heteroatoms. The normalized spacial score (nSPS) is 11.2. The lowest BCUT2D eigenvalue weighted by molar-refractivity contribution is 0.580. The Morgan fingerprint density at radius 3 is 3.00 bits per heavy atom. The van der Waals surface area contributed by atoms with Crippen molar-refractivity contribution in [1.82, 2.24) is 15.0 Å². The highest BCUT2D eigenvalue weighted by atomic mass is 16.3. The van der Waals surface area contributed by atoms with Crippen molar-refractivity contribution in [3.05, 3.63) is 36.0 Å². The molecule has 0 saturated carbocycles. The molecular weight excluding hydrogens is 228 g/mol. The second-order valence-corrected chi connectivity index (χ2v) is 4.17. The lowest BCUT2D eigenvalue weighted by Crippen LogP contribution is -2.02. The molecule has 5 nitrogen and oxygen atoms in total. The first-order valence-electron chi connectivity index (χ1n) is 5.88. The van der Waals surface area contributed by atoms with Gasteiger partial charge in [0.2, 0.25) is 0 Å². The number of nitrogens with zero attached hydrogens (tertiary/aromatic N) is 2. The number of hydrogen-bond donors (Lipinski definition) is 2. The molecular formula is C13H14N4O. The average Bonchev–Trinajstić information content (AvgIpc) is 2.98. The standard InChI is InChI=1S/C13H14N4O/c1-8-16-12(10-3-2-6-18-10)11-9(4-5-14)7-15-13(11)17-8/h2-3,6-7H,4-5,14H2,1H3,(H,15,16,17). The van der Waals surface area contributed by atoms with Crippen LogP contribution >= 0.6 is 0 Å². The van der Waals surface area contributed by atoms with Gasteiger partial charge in [0.25, 0.3) is 0 Å². The molecule has 0 aliphatic rings. The van der Waals surface area contributed by atoms with Gasteiger partial charge in [0.15, 0.2) is 5.76 Å². The van der Waals surface area contributed by atoms with Gasteiger partial charge in [0, 0.05) is 6.20 Å². The highest BCUT2D eigenvalue weighted by molar-refractivity contribution is 5.92. The molecule has 0 aliphatic carbocycles. The Morgan fingerprint density at radius 1 is 1.39 bits per heavy atom. The van der Waals surface area contributed by atoms with Crippen molar-refractivity contribution in [3.63, 3.8) is 0 Å². The number of nitrogens with one attached hydrogen (secondary N) is 1. The summed E-state index contributed by atoms with van der Waals surface area (Å²) in [6.45, 7) is 2.47. The van der Waals surface area contributed by atoms with E-state index < -0.39 is 0 Å². The minimum absolute atomic E-state index is 0.596. The van der Waals surface area contributed by atoms with E-state index in [1.807, 2.05) is 25.3 Å². The number of fused-ring (bicyclic) bond motifs is 1. The van der Waals surface area contributed by atoms with Crippen LogP contribution in [0.5, 0.6) is 0 Å². The van der Waals surface area contributed by atoms with Gasteiger partial charge in [-0.2, -0.15) is 0 Å². The number of aromatic amines is 1. The van der Waals surface area contributed by atoms with Crippen LogP contribution in [-0.2, 0) is 6.42 Å². The minimum atomic E-state index is 0.596. The average molecular weight is 242 g/mol. The molecule has 3 N–H and O–H groups in total. The molecule has 0 unspecified atom stereocenters. The summed E-state index contributed by atoms with van der Waals surface area (Å²) in [5, 5.41) is 1.00. The molecule has 0 radical (unpaired) electrons. The first-order valence-corrected chi connectivity index (χ1v) is 5.88. The number of nitrogens with two attached hydrogens (primary N) is 1. The number of aryl methyl sites for hydroxylation is 1. The van der Waals surface area contributed by atoms with Gasteiger partial charge in [-0.05, 0) is 37.6 Å². The van der Waals surface area contributed by atoms with Crippen molar-refractivity contribution >= 4 is 11.0 Å². The van der Waals surface area contributed by atoms with Crippen molar-refractivity contribution in [2.24, 2.45) is 5.73 Å². The molecule has 0 saturated heterocycles. The van der Waals surface area contributed by atoms with Gasteiger partial charge in [-0.15, -0.1) is 0 Å². The lowest BCUT2D eigenvalue weighted by atomic mass is 10.1. The maximum absolute atomic E-state index is 5.63. The number of hydrogen-bond acceptors (Lipinski definition) is 4. The fourth-order valence-electron chi connectivity index (χ4n) is 2.15. The monoisotopic (exact) mass is 242 g/mol.